The van der Waals surface area contributed by atoms with Crippen LogP contribution in [0, 0.1) is 0 Å². The monoisotopic (exact) mass is 271 g/mol. The Labute approximate surface area is 103 Å². The standard InChI is InChI=1S/C11H17F4NO2/c1-10(12,13)7-11(14,15)9(17)18-8-3-5-16(2)6-4-8/h8H,3-7H2,1-2H3. The molecule has 7 heteroatoms. The van der Waals surface area contributed by atoms with Crippen LogP contribution < -0.4 is 0 Å². The summed E-state index contributed by atoms with van der Waals surface area (Å²) in [5.41, 5.74) is 0. The summed E-state index contributed by atoms with van der Waals surface area (Å²) >= 11 is 0. The lowest BCUT2D eigenvalue weighted by Gasteiger charge is -2.30. The largest absolute Gasteiger partial charge is 0.458 e. The number of likely N-dealkylation sites (tertiary alicyclic amines) is 1. The van der Waals surface area contributed by atoms with E-state index in [0.717, 1.165) is 0 Å². The molecule has 0 radical (unpaired) electrons. The molecule has 0 amide bonds. The van der Waals surface area contributed by atoms with Crippen LogP contribution >= 0.6 is 0 Å². The van der Waals surface area contributed by atoms with Crippen molar-refractivity contribution in [1.82, 2.24) is 4.90 Å². The lowest BCUT2D eigenvalue weighted by molar-refractivity contribution is -0.190. The zero-order chi connectivity index (χ0) is 14.0. The molecule has 1 aliphatic rings. The van der Waals surface area contributed by atoms with Gasteiger partial charge in [-0.3, -0.25) is 0 Å². The summed E-state index contributed by atoms with van der Waals surface area (Å²) in [5.74, 6) is -9.59. The van der Waals surface area contributed by atoms with Crippen molar-refractivity contribution >= 4 is 5.97 Å². The third-order valence-corrected chi connectivity index (χ3v) is 2.77. The van der Waals surface area contributed by atoms with Gasteiger partial charge in [-0.1, -0.05) is 0 Å². The summed E-state index contributed by atoms with van der Waals surface area (Å²) in [6.07, 6.45) is -1.53. The molecule has 1 heterocycles. The molecule has 1 aliphatic heterocycles. The normalized spacial score (nSPS) is 19.9. The van der Waals surface area contributed by atoms with Gasteiger partial charge in [-0.15, -0.1) is 0 Å². The topological polar surface area (TPSA) is 29.5 Å². The lowest BCUT2D eigenvalue weighted by Crippen LogP contribution is -2.41. The molecule has 0 aliphatic carbocycles. The fraction of sp³-hybridized carbons (Fsp3) is 0.909. The molecule has 0 aromatic carbocycles. The van der Waals surface area contributed by atoms with Gasteiger partial charge in [0.05, 0.1) is 6.42 Å². The van der Waals surface area contributed by atoms with Crippen LogP contribution in [0.4, 0.5) is 17.6 Å². The van der Waals surface area contributed by atoms with Crippen LogP contribution in [-0.4, -0.2) is 49.0 Å². The van der Waals surface area contributed by atoms with E-state index < -0.39 is 30.3 Å². The molecule has 0 saturated carbocycles. The Morgan fingerprint density at radius 3 is 2.22 bits per heavy atom. The molecule has 0 bridgehead atoms. The van der Waals surface area contributed by atoms with Gasteiger partial charge in [0.2, 0.25) is 0 Å². The van der Waals surface area contributed by atoms with Crippen LogP contribution in [-0.2, 0) is 9.53 Å². The van der Waals surface area contributed by atoms with E-state index in [1.54, 1.807) is 0 Å². The summed E-state index contributed by atoms with van der Waals surface area (Å²) < 4.78 is 56.0. The van der Waals surface area contributed by atoms with E-state index in [0.29, 0.717) is 32.9 Å². The number of esters is 1. The number of ether oxygens (including phenoxy) is 1. The molecule has 106 valence electrons. The number of alkyl halides is 4. The summed E-state index contributed by atoms with van der Waals surface area (Å²) in [6, 6.07) is 0. The van der Waals surface area contributed by atoms with E-state index in [2.05, 4.69) is 4.74 Å². The quantitative estimate of drug-likeness (QED) is 0.580. The Morgan fingerprint density at radius 1 is 1.28 bits per heavy atom. The van der Waals surface area contributed by atoms with Crippen LogP contribution in [0.15, 0.2) is 0 Å². The van der Waals surface area contributed by atoms with Crippen molar-refractivity contribution in [3.63, 3.8) is 0 Å². The van der Waals surface area contributed by atoms with Crippen molar-refractivity contribution in [2.45, 2.75) is 44.1 Å². The molecule has 0 atom stereocenters. The Bertz CT molecular complexity index is 296. The molecule has 0 aromatic rings. The Morgan fingerprint density at radius 2 is 1.78 bits per heavy atom. The van der Waals surface area contributed by atoms with Gasteiger partial charge in [-0.2, -0.15) is 8.78 Å². The summed E-state index contributed by atoms with van der Waals surface area (Å²) in [7, 11) is 1.87. The van der Waals surface area contributed by atoms with Gasteiger partial charge in [-0.25, -0.2) is 13.6 Å². The molecule has 1 saturated heterocycles. The van der Waals surface area contributed by atoms with Crippen molar-refractivity contribution in [2.24, 2.45) is 0 Å². The first-order valence-electron chi connectivity index (χ1n) is 5.75. The second-order valence-electron chi connectivity index (χ2n) is 4.86. The van der Waals surface area contributed by atoms with Gasteiger partial charge in [0.15, 0.2) is 0 Å². The van der Waals surface area contributed by atoms with Gasteiger partial charge < -0.3 is 9.64 Å². The molecular formula is C11H17F4NO2. The zero-order valence-electron chi connectivity index (χ0n) is 10.4. The van der Waals surface area contributed by atoms with E-state index in [1.807, 2.05) is 11.9 Å². The fourth-order valence-corrected chi connectivity index (χ4v) is 1.80. The van der Waals surface area contributed by atoms with Gasteiger partial charge in [0.1, 0.15) is 6.10 Å². The number of hydrogen-bond donors (Lipinski definition) is 0. The van der Waals surface area contributed by atoms with Crippen molar-refractivity contribution in [3.05, 3.63) is 0 Å². The highest BCUT2D eigenvalue weighted by Gasteiger charge is 2.48. The molecule has 0 N–H and O–H groups in total. The predicted molar refractivity (Wildman–Crippen MR) is 56.8 cm³/mol. The molecular weight excluding hydrogens is 254 g/mol. The molecule has 1 fully saturated rings. The number of carbonyl (C=O) groups is 1. The minimum absolute atomic E-state index is 0.351. The molecule has 0 unspecified atom stereocenters. The SMILES string of the molecule is CN1CCC(OC(=O)C(F)(F)CC(C)(F)F)CC1. The number of nitrogens with zero attached hydrogens (tertiary/aromatic N) is 1. The maximum Gasteiger partial charge on any atom is 0.377 e. The van der Waals surface area contributed by atoms with Crippen molar-refractivity contribution in [3.8, 4) is 0 Å². The first-order valence-corrected chi connectivity index (χ1v) is 5.75. The number of piperidine rings is 1. The minimum atomic E-state index is -4.14. The number of rotatable bonds is 4. The van der Waals surface area contributed by atoms with Crippen LogP contribution in [0.5, 0.6) is 0 Å². The Hall–Kier alpha value is -0.850. The number of halogens is 4. The number of hydrogen-bond acceptors (Lipinski definition) is 3. The second kappa shape index (κ2) is 5.42. The summed E-state index contributed by atoms with van der Waals surface area (Å²) in [5, 5.41) is 0. The first kappa shape index (κ1) is 15.2. The molecule has 0 spiro atoms. The smallest absolute Gasteiger partial charge is 0.377 e. The molecule has 1 rings (SSSR count). The van der Waals surface area contributed by atoms with Gasteiger partial charge >= 0.3 is 11.9 Å². The highest BCUT2D eigenvalue weighted by Crippen LogP contribution is 2.31. The van der Waals surface area contributed by atoms with Gasteiger partial charge in [0.25, 0.3) is 5.92 Å². The molecule has 18 heavy (non-hydrogen) atoms. The van der Waals surface area contributed by atoms with Crippen molar-refractivity contribution in [1.29, 1.82) is 0 Å². The third kappa shape index (κ3) is 4.80. The van der Waals surface area contributed by atoms with E-state index in [9.17, 15) is 22.4 Å². The van der Waals surface area contributed by atoms with Crippen LogP contribution in [0.25, 0.3) is 0 Å². The highest BCUT2D eigenvalue weighted by molar-refractivity contribution is 5.77. The Kier molecular flexibility index (Phi) is 4.58. The van der Waals surface area contributed by atoms with Crippen LogP contribution in [0.2, 0.25) is 0 Å². The molecule has 0 aromatic heterocycles. The maximum absolute atomic E-state index is 13.2. The zero-order valence-corrected chi connectivity index (χ0v) is 10.4. The highest BCUT2D eigenvalue weighted by atomic mass is 19.3. The predicted octanol–water partition coefficient (Wildman–Crippen LogP) is 2.30. The average Bonchev–Trinajstić information content (AvgIpc) is 2.17. The minimum Gasteiger partial charge on any atom is -0.458 e. The lowest BCUT2D eigenvalue weighted by atomic mass is 10.1. The van der Waals surface area contributed by atoms with Crippen LogP contribution in [0.1, 0.15) is 26.2 Å². The third-order valence-electron chi connectivity index (χ3n) is 2.77. The summed E-state index contributed by atoms with van der Waals surface area (Å²) in [4.78, 5) is 13.1. The van der Waals surface area contributed by atoms with E-state index in [4.69, 9.17) is 0 Å². The van der Waals surface area contributed by atoms with E-state index in [-0.39, 0.29) is 0 Å². The number of carbonyl (C=O) groups excluding carboxylic acids is 1. The first-order chi connectivity index (χ1) is 8.10. The maximum atomic E-state index is 13.2. The van der Waals surface area contributed by atoms with Crippen LogP contribution in [0.3, 0.4) is 0 Å². The van der Waals surface area contributed by atoms with Crippen molar-refractivity contribution in [2.75, 3.05) is 20.1 Å². The van der Waals surface area contributed by atoms with Gasteiger partial charge in [0, 0.05) is 13.1 Å². The van der Waals surface area contributed by atoms with Gasteiger partial charge in [-0.05, 0) is 26.8 Å². The van der Waals surface area contributed by atoms with Crippen molar-refractivity contribution < 1.29 is 27.1 Å². The average molecular weight is 271 g/mol. The van der Waals surface area contributed by atoms with E-state index >= 15 is 0 Å². The second-order valence-corrected chi connectivity index (χ2v) is 4.86. The fourth-order valence-electron chi connectivity index (χ4n) is 1.80. The Balaban J connectivity index is 2.49. The summed E-state index contributed by atoms with van der Waals surface area (Å²) in [6.45, 7) is 1.62. The van der Waals surface area contributed by atoms with E-state index in [1.165, 1.54) is 0 Å². The molecule has 3 nitrogen and oxygen atoms in total.